The fraction of sp³-hybridized carbons (Fsp3) is 0.273. The van der Waals surface area contributed by atoms with Gasteiger partial charge in [0.2, 0.25) is 0 Å². The zero-order valence-electron chi connectivity index (χ0n) is 9.44. The normalized spacial score (nSPS) is 10.8. The highest BCUT2D eigenvalue weighted by Crippen LogP contribution is 2.34. The summed E-state index contributed by atoms with van der Waals surface area (Å²) >= 11 is 1.38. The fourth-order valence-corrected chi connectivity index (χ4v) is 2.82. The van der Waals surface area contributed by atoms with Crippen LogP contribution in [0.1, 0.15) is 11.1 Å². The fourth-order valence-electron chi connectivity index (χ4n) is 1.79. The minimum absolute atomic E-state index is 0.540. The summed E-state index contributed by atoms with van der Waals surface area (Å²) in [5.74, 6) is 0.818. The second-order valence-corrected chi connectivity index (χ2v) is 4.90. The Bertz CT molecular complexity index is 533. The minimum Gasteiger partial charge on any atom is -0.496 e. The van der Waals surface area contributed by atoms with Gasteiger partial charge in [-0.1, -0.05) is 0 Å². The first-order chi connectivity index (χ1) is 7.54. The molecule has 84 valence electrons. The SMILES string of the molecule is COc1c(C)c(C)cc2sc(B(O)O)cc12. The Morgan fingerprint density at radius 2 is 1.94 bits per heavy atom. The van der Waals surface area contributed by atoms with Gasteiger partial charge in [0.25, 0.3) is 0 Å². The Hall–Kier alpha value is -1.04. The van der Waals surface area contributed by atoms with E-state index >= 15 is 0 Å². The van der Waals surface area contributed by atoms with Crippen LogP contribution in [0, 0.1) is 13.8 Å². The van der Waals surface area contributed by atoms with Crippen molar-refractivity contribution < 1.29 is 14.8 Å². The number of rotatable bonds is 2. The van der Waals surface area contributed by atoms with Gasteiger partial charge in [0.05, 0.1) is 7.11 Å². The lowest BCUT2D eigenvalue weighted by atomic mass is 9.89. The first-order valence-corrected chi connectivity index (χ1v) is 5.80. The van der Waals surface area contributed by atoms with Crippen LogP contribution in [-0.2, 0) is 0 Å². The maximum atomic E-state index is 9.15. The van der Waals surface area contributed by atoms with Gasteiger partial charge in [0.1, 0.15) is 5.75 Å². The molecule has 2 N–H and O–H groups in total. The van der Waals surface area contributed by atoms with Gasteiger partial charge in [-0.25, -0.2) is 0 Å². The second-order valence-electron chi connectivity index (χ2n) is 3.79. The van der Waals surface area contributed by atoms with E-state index in [2.05, 4.69) is 0 Å². The van der Waals surface area contributed by atoms with E-state index < -0.39 is 7.12 Å². The van der Waals surface area contributed by atoms with Crippen LogP contribution in [0.15, 0.2) is 12.1 Å². The lowest BCUT2D eigenvalue weighted by Gasteiger charge is -2.08. The van der Waals surface area contributed by atoms with Gasteiger partial charge in [0, 0.05) is 14.9 Å². The van der Waals surface area contributed by atoms with Gasteiger partial charge in [-0.3, -0.25) is 0 Å². The summed E-state index contributed by atoms with van der Waals surface area (Å²) in [5.41, 5.74) is 2.23. The molecule has 0 bridgehead atoms. The van der Waals surface area contributed by atoms with Crippen molar-refractivity contribution in [2.24, 2.45) is 0 Å². The van der Waals surface area contributed by atoms with Crippen molar-refractivity contribution >= 4 is 33.3 Å². The van der Waals surface area contributed by atoms with E-state index in [1.165, 1.54) is 11.3 Å². The molecule has 3 nitrogen and oxygen atoms in total. The van der Waals surface area contributed by atoms with E-state index in [0.717, 1.165) is 27.0 Å². The first kappa shape index (κ1) is 11.5. The molecule has 1 aromatic carbocycles. The van der Waals surface area contributed by atoms with Crippen LogP contribution in [-0.4, -0.2) is 24.3 Å². The molecule has 1 heterocycles. The number of benzene rings is 1. The topological polar surface area (TPSA) is 49.7 Å². The largest absolute Gasteiger partial charge is 0.499 e. The summed E-state index contributed by atoms with van der Waals surface area (Å²) in [6, 6.07) is 3.82. The highest BCUT2D eigenvalue weighted by Gasteiger charge is 2.18. The van der Waals surface area contributed by atoms with Gasteiger partial charge < -0.3 is 14.8 Å². The zero-order valence-corrected chi connectivity index (χ0v) is 10.3. The number of fused-ring (bicyclic) bond motifs is 1. The van der Waals surface area contributed by atoms with Crippen molar-refractivity contribution in [2.45, 2.75) is 13.8 Å². The summed E-state index contributed by atoms with van der Waals surface area (Å²) in [6.07, 6.45) is 0. The van der Waals surface area contributed by atoms with Gasteiger partial charge in [-0.15, -0.1) is 11.3 Å². The average molecular weight is 236 g/mol. The Morgan fingerprint density at radius 3 is 2.50 bits per heavy atom. The lowest BCUT2D eigenvalue weighted by molar-refractivity contribution is 0.416. The molecule has 0 unspecified atom stereocenters. The Kier molecular flexibility index (Phi) is 2.92. The van der Waals surface area contributed by atoms with Crippen LogP contribution >= 0.6 is 11.3 Å². The molecular weight excluding hydrogens is 223 g/mol. The second kappa shape index (κ2) is 4.09. The monoisotopic (exact) mass is 236 g/mol. The van der Waals surface area contributed by atoms with E-state index in [1.807, 2.05) is 19.9 Å². The van der Waals surface area contributed by atoms with E-state index in [-0.39, 0.29) is 0 Å². The highest BCUT2D eigenvalue weighted by molar-refractivity contribution is 7.28. The molecule has 16 heavy (non-hydrogen) atoms. The number of methoxy groups -OCH3 is 1. The quantitative estimate of drug-likeness (QED) is 0.770. The molecule has 2 aromatic rings. The van der Waals surface area contributed by atoms with Crippen molar-refractivity contribution in [1.29, 1.82) is 0 Å². The van der Waals surface area contributed by atoms with Gasteiger partial charge in [-0.05, 0) is 37.1 Å². The van der Waals surface area contributed by atoms with Crippen molar-refractivity contribution in [3.05, 3.63) is 23.3 Å². The maximum absolute atomic E-state index is 9.15. The summed E-state index contributed by atoms with van der Waals surface area (Å²) in [4.78, 5) is 0. The molecule has 0 radical (unpaired) electrons. The smallest absolute Gasteiger partial charge is 0.496 e. The lowest BCUT2D eigenvalue weighted by Crippen LogP contribution is -2.26. The molecular formula is C11H13BO3S. The molecule has 0 amide bonds. The summed E-state index contributed by atoms with van der Waals surface area (Å²) in [7, 11) is 0.219. The van der Waals surface area contributed by atoms with Gasteiger partial charge in [0.15, 0.2) is 0 Å². The number of ether oxygens (including phenoxy) is 1. The van der Waals surface area contributed by atoms with Crippen LogP contribution in [0.4, 0.5) is 0 Å². The molecule has 2 rings (SSSR count). The third-order valence-electron chi connectivity index (χ3n) is 2.76. The summed E-state index contributed by atoms with van der Waals surface area (Å²) in [5, 5.41) is 19.2. The first-order valence-electron chi connectivity index (χ1n) is 4.98. The standard InChI is InChI=1S/C11H13BO3S/c1-6-4-9-8(11(15-3)7(6)2)5-10(16-9)12(13)14/h4-5,13-14H,1-3H3. The van der Waals surface area contributed by atoms with E-state index in [1.54, 1.807) is 13.2 Å². The van der Waals surface area contributed by atoms with Crippen LogP contribution in [0.25, 0.3) is 10.1 Å². The van der Waals surface area contributed by atoms with Gasteiger partial charge in [-0.2, -0.15) is 0 Å². The van der Waals surface area contributed by atoms with Crippen molar-refractivity contribution in [3.8, 4) is 5.75 Å². The molecule has 0 saturated carbocycles. The molecule has 0 aliphatic heterocycles. The zero-order chi connectivity index (χ0) is 11.9. The molecule has 0 fully saturated rings. The third-order valence-corrected chi connectivity index (χ3v) is 3.88. The molecule has 0 spiro atoms. The molecule has 0 aliphatic rings. The Labute approximate surface area is 98.4 Å². The van der Waals surface area contributed by atoms with E-state index in [0.29, 0.717) is 4.78 Å². The Balaban J connectivity index is 2.76. The third kappa shape index (κ3) is 1.71. The number of hydrogen-bond acceptors (Lipinski definition) is 4. The predicted octanol–water partition coefficient (Wildman–Crippen LogP) is 1.21. The average Bonchev–Trinajstić information content (AvgIpc) is 2.63. The highest BCUT2D eigenvalue weighted by atomic mass is 32.1. The summed E-state index contributed by atoms with van der Waals surface area (Å²) < 4.78 is 6.93. The van der Waals surface area contributed by atoms with Crippen LogP contribution < -0.4 is 9.51 Å². The van der Waals surface area contributed by atoms with Crippen LogP contribution in [0.5, 0.6) is 5.75 Å². The number of aryl methyl sites for hydroxylation is 1. The van der Waals surface area contributed by atoms with Gasteiger partial charge >= 0.3 is 7.12 Å². The molecule has 0 saturated heterocycles. The number of thiophene rings is 1. The van der Waals surface area contributed by atoms with Crippen molar-refractivity contribution in [2.75, 3.05) is 7.11 Å². The molecule has 0 atom stereocenters. The van der Waals surface area contributed by atoms with Crippen molar-refractivity contribution in [1.82, 2.24) is 0 Å². The van der Waals surface area contributed by atoms with Crippen LogP contribution in [0.3, 0.4) is 0 Å². The minimum atomic E-state index is -1.41. The number of hydrogen-bond donors (Lipinski definition) is 2. The predicted molar refractivity (Wildman–Crippen MR) is 67.7 cm³/mol. The summed E-state index contributed by atoms with van der Waals surface area (Å²) in [6.45, 7) is 4.02. The molecule has 1 aromatic heterocycles. The maximum Gasteiger partial charge on any atom is 0.499 e. The molecule has 5 heteroatoms. The van der Waals surface area contributed by atoms with Crippen LogP contribution in [0.2, 0.25) is 0 Å². The Morgan fingerprint density at radius 1 is 1.25 bits per heavy atom. The van der Waals surface area contributed by atoms with Crippen molar-refractivity contribution in [3.63, 3.8) is 0 Å². The molecule has 0 aliphatic carbocycles. The van der Waals surface area contributed by atoms with E-state index in [9.17, 15) is 0 Å². The van der Waals surface area contributed by atoms with E-state index in [4.69, 9.17) is 14.8 Å².